The van der Waals surface area contributed by atoms with Crippen LogP contribution in [0, 0.1) is 0 Å². The summed E-state index contributed by atoms with van der Waals surface area (Å²) in [5, 5.41) is 26.3. The third-order valence-corrected chi connectivity index (χ3v) is 5.91. The fraction of sp³-hybridized carbons (Fsp3) is 0.520. The minimum absolute atomic E-state index is 0.00908. The number of phenols is 1. The van der Waals surface area contributed by atoms with Gasteiger partial charge in [-0.05, 0) is 49.9 Å². The van der Waals surface area contributed by atoms with Crippen LogP contribution in [-0.2, 0) is 30.4 Å². The zero-order valence-electron chi connectivity index (χ0n) is 22.8. The van der Waals surface area contributed by atoms with Crippen LogP contribution in [0.1, 0.15) is 44.1 Å². The molecule has 1 aromatic carbocycles. The number of carbonyl (C=O) groups excluding carboxylic acids is 4. The van der Waals surface area contributed by atoms with Gasteiger partial charge in [-0.15, -0.1) is 0 Å². The average Bonchev–Trinajstić information content (AvgIpc) is 2.90. The second-order valence-electron chi connectivity index (χ2n) is 9.40. The van der Waals surface area contributed by atoms with E-state index in [9.17, 15) is 34.2 Å². The Hall–Kier alpha value is -4.44. The number of carboxylic acids is 1. The van der Waals surface area contributed by atoms with Gasteiger partial charge in [0, 0.05) is 13.0 Å². The lowest BCUT2D eigenvalue weighted by Gasteiger charge is -2.25. The van der Waals surface area contributed by atoms with Crippen LogP contribution >= 0.6 is 0 Å². The van der Waals surface area contributed by atoms with Crippen LogP contribution in [0.3, 0.4) is 0 Å². The number of benzene rings is 1. The van der Waals surface area contributed by atoms with E-state index in [1.54, 1.807) is 0 Å². The quantitative estimate of drug-likeness (QED) is 0.0443. The molecule has 16 nitrogen and oxygen atoms in total. The number of nitrogens with one attached hydrogen (secondary N) is 3. The number of hydrogen-bond acceptors (Lipinski definition) is 9. The number of rotatable bonds is 19. The lowest BCUT2D eigenvalue weighted by Crippen LogP contribution is -2.58. The molecule has 0 radical (unpaired) electrons. The van der Waals surface area contributed by atoms with Crippen molar-refractivity contribution in [1.29, 1.82) is 0 Å². The maximum absolute atomic E-state index is 13.3. The number of phenolic OH excluding ortho intramolecular Hbond substituents is 1. The highest BCUT2D eigenvalue weighted by molar-refractivity contribution is 5.96. The molecular formula is C25H41N9O7. The number of carbonyl (C=O) groups is 5. The first-order chi connectivity index (χ1) is 19.3. The fourth-order valence-electron chi connectivity index (χ4n) is 3.71. The molecule has 0 bridgehead atoms. The van der Waals surface area contributed by atoms with Crippen molar-refractivity contribution in [1.82, 2.24) is 16.0 Å². The maximum atomic E-state index is 13.3. The summed E-state index contributed by atoms with van der Waals surface area (Å²) < 4.78 is 0. The number of amides is 4. The molecule has 0 aliphatic rings. The molecule has 4 amide bonds. The standard InChI is InChI=1S/C25H41N9O7/c26-10-2-1-4-16(27)21(37)33-18(12-14-6-8-15(35)9-7-14)22(38)34-19(13-20(28)36)23(39)32-17(24(40)41)5-3-11-31-25(29)30/h6-9,16-19,35H,1-5,10-13,26-27H2,(H2,28,36)(H,32,39)(H,33,37)(H,34,38)(H,40,41)(H4,29,30,31). The van der Waals surface area contributed by atoms with Crippen LogP contribution < -0.4 is 44.6 Å². The predicted molar refractivity (Wildman–Crippen MR) is 150 cm³/mol. The molecule has 0 aromatic heterocycles. The summed E-state index contributed by atoms with van der Waals surface area (Å²) in [7, 11) is 0. The van der Waals surface area contributed by atoms with Crippen LogP contribution in [-0.4, -0.2) is 83.0 Å². The molecule has 0 fully saturated rings. The molecule has 228 valence electrons. The molecule has 0 saturated heterocycles. The van der Waals surface area contributed by atoms with Gasteiger partial charge < -0.3 is 54.8 Å². The number of nitrogens with two attached hydrogens (primary N) is 5. The first-order valence-electron chi connectivity index (χ1n) is 13.0. The summed E-state index contributed by atoms with van der Waals surface area (Å²) >= 11 is 0. The average molecular weight is 580 g/mol. The van der Waals surface area contributed by atoms with Crippen molar-refractivity contribution in [2.24, 2.45) is 33.7 Å². The van der Waals surface area contributed by atoms with E-state index in [2.05, 4.69) is 20.9 Å². The molecule has 1 aromatic rings. The lowest BCUT2D eigenvalue weighted by atomic mass is 10.0. The largest absolute Gasteiger partial charge is 0.508 e. The summed E-state index contributed by atoms with van der Waals surface area (Å²) in [6.45, 7) is 0.555. The van der Waals surface area contributed by atoms with E-state index in [1.165, 1.54) is 24.3 Å². The molecule has 0 spiro atoms. The highest BCUT2D eigenvalue weighted by Gasteiger charge is 2.31. The molecule has 15 N–H and O–H groups in total. The molecule has 1 rings (SSSR count). The Morgan fingerprint density at radius 2 is 1.39 bits per heavy atom. The van der Waals surface area contributed by atoms with Gasteiger partial charge in [0.15, 0.2) is 5.96 Å². The Bertz CT molecular complexity index is 1060. The fourth-order valence-corrected chi connectivity index (χ4v) is 3.71. The van der Waals surface area contributed by atoms with Gasteiger partial charge in [0.1, 0.15) is 23.9 Å². The molecular weight excluding hydrogens is 538 g/mol. The number of nitrogens with zero attached hydrogens (tertiary/aromatic N) is 1. The van der Waals surface area contributed by atoms with E-state index in [4.69, 9.17) is 28.7 Å². The minimum atomic E-state index is -1.54. The number of guanidine groups is 1. The van der Waals surface area contributed by atoms with Crippen molar-refractivity contribution >= 4 is 35.6 Å². The van der Waals surface area contributed by atoms with Crippen molar-refractivity contribution in [2.75, 3.05) is 13.1 Å². The molecule has 0 aliphatic carbocycles. The number of hydrogen-bond donors (Lipinski definition) is 10. The van der Waals surface area contributed by atoms with Gasteiger partial charge in [0.05, 0.1) is 12.5 Å². The predicted octanol–water partition coefficient (Wildman–Crippen LogP) is -3.14. The minimum Gasteiger partial charge on any atom is -0.508 e. The number of carboxylic acid groups (broad SMARTS) is 1. The van der Waals surface area contributed by atoms with E-state index >= 15 is 0 Å². The van der Waals surface area contributed by atoms with Gasteiger partial charge in [0.2, 0.25) is 23.6 Å². The zero-order valence-corrected chi connectivity index (χ0v) is 22.8. The highest BCUT2D eigenvalue weighted by atomic mass is 16.4. The number of unbranched alkanes of at least 4 members (excludes halogenated alkanes) is 1. The van der Waals surface area contributed by atoms with E-state index in [-0.39, 0.29) is 37.5 Å². The monoisotopic (exact) mass is 579 g/mol. The van der Waals surface area contributed by atoms with Gasteiger partial charge in [-0.3, -0.25) is 24.2 Å². The molecule has 4 atom stereocenters. The number of aliphatic imine (C=N–C) groups is 1. The van der Waals surface area contributed by atoms with Crippen molar-refractivity contribution < 1.29 is 34.2 Å². The molecule has 0 aliphatic heterocycles. The summed E-state index contributed by atoms with van der Waals surface area (Å²) in [5.74, 6) is -4.91. The first kappa shape index (κ1) is 34.6. The molecule has 0 heterocycles. The van der Waals surface area contributed by atoms with E-state index in [1.807, 2.05) is 0 Å². The Morgan fingerprint density at radius 1 is 0.805 bits per heavy atom. The summed E-state index contributed by atoms with van der Waals surface area (Å²) in [6.07, 6.45) is 1.05. The number of aromatic hydroxyl groups is 1. The van der Waals surface area contributed by atoms with Crippen LogP contribution in [0.4, 0.5) is 0 Å². The topological polar surface area (TPSA) is 304 Å². The summed E-state index contributed by atoms with van der Waals surface area (Å²) in [5.41, 5.74) is 27.8. The number of aliphatic carboxylic acids is 1. The Balaban J connectivity index is 3.08. The van der Waals surface area contributed by atoms with E-state index in [0.29, 0.717) is 31.4 Å². The van der Waals surface area contributed by atoms with Crippen LogP contribution in [0.5, 0.6) is 5.75 Å². The van der Waals surface area contributed by atoms with E-state index in [0.717, 1.165) is 0 Å². The van der Waals surface area contributed by atoms with Gasteiger partial charge in [0.25, 0.3) is 0 Å². The third-order valence-electron chi connectivity index (χ3n) is 5.91. The van der Waals surface area contributed by atoms with Gasteiger partial charge >= 0.3 is 5.97 Å². The maximum Gasteiger partial charge on any atom is 0.326 e. The van der Waals surface area contributed by atoms with Crippen molar-refractivity contribution in [2.45, 2.75) is 69.1 Å². The van der Waals surface area contributed by atoms with Crippen molar-refractivity contribution in [3.63, 3.8) is 0 Å². The van der Waals surface area contributed by atoms with E-state index < -0.39 is 60.2 Å². The Labute approximate surface area is 237 Å². The molecule has 41 heavy (non-hydrogen) atoms. The third kappa shape index (κ3) is 14.0. The highest BCUT2D eigenvalue weighted by Crippen LogP contribution is 2.12. The van der Waals surface area contributed by atoms with Crippen LogP contribution in [0.15, 0.2) is 29.3 Å². The Kier molecular flexibility index (Phi) is 15.2. The van der Waals surface area contributed by atoms with Gasteiger partial charge in [-0.2, -0.15) is 0 Å². The van der Waals surface area contributed by atoms with Crippen molar-refractivity contribution in [3.05, 3.63) is 29.8 Å². The molecule has 4 unspecified atom stereocenters. The Morgan fingerprint density at radius 3 is 1.95 bits per heavy atom. The smallest absolute Gasteiger partial charge is 0.326 e. The molecule has 0 saturated carbocycles. The molecule has 16 heteroatoms. The van der Waals surface area contributed by atoms with Gasteiger partial charge in [-0.1, -0.05) is 18.6 Å². The van der Waals surface area contributed by atoms with Crippen LogP contribution in [0.25, 0.3) is 0 Å². The normalized spacial score (nSPS) is 13.6. The SMILES string of the molecule is NCCCCC(N)C(=O)NC(Cc1ccc(O)cc1)C(=O)NC(CC(N)=O)C(=O)NC(CCCN=C(N)N)C(=O)O. The number of primary amides is 1. The summed E-state index contributed by atoms with van der Waals surface area (Å²) in [4.78, 5) is 66.1. The van der Waals surface area contributed by atoms with Gasteiger partial charge in [-0.25, -0.2) is 4.79 Å². The second kappa shape index (κ2) is 18.0. The lowest BCUT2D eigenvalue weighted by molar-refractivity contribution is -0.142. The zero-order chi connectivity index (χ0) is 30.9. The summed E-state index contributed by atoms with van der Waals surface area (Å²) in [6, 6.07) is 0.773. The van der Waals surface area contributed by atoms with Crippen molar-refractivity contribution in [3.8, 4) is 5.75 Å². The second-order valence-corrected chi connectivity index (χ2v) is 9.40. The first-order valence-corrected chi connectivity index (χ1v) is 13.0. The van der Waals surface area contributed by atoms with Crippen LogP contribution in [0.2, 0.25) is 0 Å².